The van der Waals surface area contributed by atoms with E-state index in [1.807, 2.05) is 12.1 Å². The Bertz CT molecular complexity index is 1210. The Kier molecular flexibility index (Phi) is 12.6. The molecule has 0 amide bonds. The highest BCUT2D eigenvalue weighted by Gasteiger charge is 2.17. The minimum absolute atomic E-state index is 0.0346. The fraction of sp³-hybridized carbons (Fsp3) is 0.455. The number of methoxy groups -OCH3 is 1. The maximum absolute atomic E-state index is 11.4. The van der Waals surface area contributed by atoms with Gasteiger partial charge in [0.2, 0.25) is 0 Å². The molecule has 0 radical (unpaired) electrons. The van der Waals surface area contributed by atoms with Gasteiger partial charge in [-0.2, -0.15) is 0 Å². The summed E-state index contributed by atoms with van der Waals surface area (Å²) < 4.78 is 16.1. The van der Waals surface area contributed by atoms with Crippen molar-refractivity contribution < 1.29 is 34.0 Å². The summed E-state index contributed by atoms with van der Waals surface area (Å²) >= 11 is 0. The number of esters is 1. The van der Waals surface area contributed by atoms with E-state index in [9.17, 15) is 14.7 Å². The van der Waals surface area contributed by atoms with E-state index in [1.54, 1.807) is 18.2 Å². The third-order valence-corrected chi connectivity index (χ3v) is 6.55. The number of carboxylic acids is 1. The molecule has 1 saturated heterocycles. The zero-order chi connectivity index (χ0) is 30.6. The van der Waals surface area contributed by atoms with Gasteiger partial charge in [0.15, 0.2) is 0 Å². The minimum Gasteiger partial charge on any atom is -0.507 e. The van der Waals surface area contributed by atoms with Crippen LogP contribution in [0.3, 0.4) is 0 Å². The number of aliphatic carboxylic acids is 1. The van der Waals surface area contributed by atoms with Crippen LogP contribution in [0.2, 0.25) is 0 Å². The van der Waals surface area contributed by atoms with Gasteiger partial charge in [0.05, 0.1) is 20.3 Å². The maximum atomic E-state index is 11.4. The molecule has 8 heteroatoms. The van der Waals surface area contributed by atoms with Gasteiger partial charge < -0.3 is 24.4 Å². The molecule has 2 N–H and O–H groups in total. The summed E-state index contributed by atoms with van der Waals surface area (Å²) in [5.41, 5.74) is 3.59. The van der Waals surface area contributed by atoms with Crippen molar-refractivity contribution in [1.29, 1.82) is 0 Å². The predicted octanol–water partition coefficient (Wildman–Crippen LogP) is 5.67. The number of nitrogens with zero attached hydrogens (tertiary/aromatic N) is 1. The fourth-order valence-electron chi connectivity index (χ4n) is 3.91. The smallest absolute Gasteiger partial charge is 0.330 e. The molecule has 2 aromatic carbocycles. The molecule has 0 bridgehead atoms. The number of phenolic OH excluding ortho intramolecular Hbond substituents is 1. The van der Waals surface area contributed by atoms with Gasteiger partial charge in [-0.1, -0.05) is 65.8 Å². The molecule has 1 fully saturated rings. The van der Waals surface area contributed by atoms with Crippen molar-refractivity contribution in [2.75, 3.05) is 46.6 Å². The first-order valence-electron chi connectivity index (χ1n) is 13.8. The molecular formula is C33H45NO7. The van der Waals surface area contributed by atoms with Crippen LogP contribution < -0.4 is 4.74 Å². The molecule has 1 heterocycles. The molecule has 0 atom stereocenters. The quantitative estimate of drug-likeness (QED) is 0.311. The maximum Gasteiger partial charge on any atom is 0.330 e. The van der Waals surface area contributed by atoms with Crippen LogP contribution >= 0.6 is 0 Å². The molecule has 41 heavy (non-hydrogen) atoms. The van der Waals surface area contributed by atoms with Crippen LogP contribution in [0.25, 0.3) is 12.2 Å². The predicted molar refractivity (Wildman–Crippen MR) is 162 cm³/mol. The van der Waals surface area contributed by atoms with Crippen LogP contribution in [0.15, 0.2) is 48.6 Å². The molecule has 0 saturated carbocycles. The third kappa shape index (κ3) is 11.8. The molecule has 1 aliphatic rings. The lowest BCUT2D eigenvalue weighted by atomic mass is 9.86. The first kappa shape index (κ1) is 33.6. The Balaban J connectivity index is 0.000000317. The summed E-state index contributed by atoms with van der Waals surface area (Å²) in [5, 5.41) is 18.2. The molecule has 3 rings (SSSR count). The fourth-order valence-corrected chi connectivity index (χ4v) is 3.91. The molecule has 224 valence electrons. The van der Waals surface area contributed by atoms with Gasteiger partial charge in [-0.15, -0.1) is 0 Å². The lowest BCUT2D eigenvalue weighted by Crippen LogP contribution is -2.38. The Morgan fingerprint density at radius 2 is 1.46 bits per heavy atom. The summed E-state index contributed by atoms with van der Waals surface area (Å²) in [7, 11) is 1.37. The number of morpholine rings is 1. The number of carbonyl (C=O) groups is 2. The molecule has 0 spiro atoms. The number of hydrogen-bond acceptors (Lipinski definition) is 7. The lowest BCUT2D eigenvalue weighted by Gasteiger charge is -2.26. The van der Waals surface area contributed by atoms with Gasteiger partial charge in [-0.25, -0.2) is 9.59 Å². The van der Waals surface area contributed by atoms with Gasteiger partial charge in [-0.05, 0) is 46.2 Å². The summed E-state index contributed by atoms with van der Waals surface area (Å²) in [4.78, 5) is 24.1. The second kappa shape index (κ2) is 15.4. The summed E-state index contributed by atoms with van der Waals surface area (Å²) in [6, 6.07) is 11.4. The monoisotopic (exact) mass is 567 g/mol. The van der Waals surface area contributed by atoms with Crippen LogP contribution in [0, 0.1) is 0 Å². The normalized spacial score (nSPS) is 14.5. The number of aromatic hydroxyl groups is 1. The highest BCUT2D eigenvalue weighted by atomic mass is 16.5. The van der Waals surface area contributed by atoms with E-state index in [4.69, 9.17) is 14.6 Å². The number of hydrogen-bond donors (Lipinski definition) is 2. The van der Waals surface area contributed by atoms with Crippen LogP contribution in [-0.2, 0) is 29.9 Å². The van der Waals surface area contributed by atoms with E-state index in [1.165, 1.54) is 24.8 Å². The summed E-state index contributed by atoms with van der Waals surface area (Å²) in [5.74, 6) is -0.510. The highest BCUT2D eigenvalue weighted by molar-refractivity contribution is 5.87. The van der Waals surface area contributed by atoms with Crippen LogP contribution in [0.1, 0.15) is 63.8 Å². The number of benzene rings is 2. The number of ether oxygens (including phenoxy) is 3. The second-order valence-electron chi connectivity index (χ2n) is 11.9. The molecule has 0 aliphatic carbocycles. The lowest BCUT2D eigenvalue weighted by molar-refractivity contribution is -0.135. The average Bonchev–Trinajstić information content (AvgIpc) is 2.91. The highest BCUT2D eigenvalue weighted by Crippen LogP contribution is 2.30. The number of carboxylic acid groups (broad SMARTS) is 1. The van der Waals surface area contributed by atoms with Crippen LogP contribution in [0.4, 0.5) is 0 Å². The van der Waals surface area contributed by atoms with Crippen molar-refractivity contribution in [2.24, 2.45) is 0 Å². The van der Waals surface area contributed by atoms with Gasteiger partial charge in [0, 0.05) is 42.9 Å². The van der Waals surface area contributed by atoms with Crippen molar-refractivity contribution in [3.63, 3.8) is 0 Å². The van der Waals surface area contributed by atoms with Crippen molar-refractivity contribution in [3.05, 3.63) is 70.8 Å². The zero-order valence-corrected chi connectivity index (χ0v) is 25.4. The van der Waals surface area contributed by atoms with E-state index >= 15 is 0 Å². The zero-order valence-electron chi connectivity index (χ0n) is 25.4. The Hall–Kier alpha value is -3.62. The van der Waals surface area contributed by atoms with Crippen LogP contribution in [0.5, 0.6) is 11.5 Å². The number of phenols is 1. The van der Waals surface area contributed by atoms with Crippen molar-refractivity contribution in [1.82, 2.24) is 4.90 Å². The van der Waals surface area contributed by atoms with Crippen molar-refractivity contribution in [3.8, 4) is 11.5 Å². The summed E-state index contributed by atoms with van der Waals surface area (Å²) in [6.07, 6.45) is 5.54. The number of carbonyl (C=O) groups excluding carboxylic acids is 1. The van der Waals surface area contributed by atoms with E-state index in [-0.39, 0.29) is 22.5 Å². The first-order chi connectivity index (χ1) is 19.2. The van der Waals surface area contributed by atoms with E-state index in [2.05, 4.69) is 63.3 Å². The molecule has 8 nitrogen and oxygen atoms in total. The van der Waals surface area contributed by atoms with Crippen LogP contribution in [-0.4, -0.2) is 73.6 Å². The van der Waals surface area contributed by atoms with Gasteiger partial charge in [-0.3, -0.25) is 4.90 Å². The molecular weight excluding hydrogens is 522 g/mol. The van der Waals surface area contributed by atoms with E-state index in [0.717, 1.165) is 55.8 Å². The third-order valence-electron chi connectivity index (χ3n) is 6.55. The molecule has 2 aromatic rings. The molecule has 0 unspecified atom stereocenters. The van der Waals surface area contributed by atoms with E-state index < -0.39 is 5.97 Å². The van der Waals surface area contributed by atoms with Crippen molar-refractivity contribution >= 4 is 24.1 Å². The number of rotatable bonds is 8. The Morgan fingerprint density at radius 3 is 2.00 bits per heavy atom. The van der Waals surface area contributed by atoms with Gasteiger partial charge in [0.1, 0.15) is 18.1 Å². The summed E-state index contributed by atoms with van der Waals surface area (Å²) in [6.45, 7) is 17.6. The minimum atomic E-state index is -1.03. The van der Waals surface area contributed by atoms with Gasteiger partial charge >= 0.3 is 11.9 Å². The Morgan fingerprint density at radius 1 is 0.902 bits per heavy atom. The van der Waals surface area contributed by atoms with Gasteiger partial charge in [0.25, 0.3) is 0 Å². The standard InChI is InChI=1S/C20H29NO4.C13H16O3/c1-20(2,3)17-7-5-16(6-8-19(22)23-4)18(15-17)25-14-11-21-9-12-24-13-10-21;1-13(2,3)10-6-4-9(11(14)8-10)5-7-12(15)16/h5-8,15H,9-14H2,1-4H3;4-8,14H,1-3H3,(H,15,16). The Labute approximate surface area is 244 Å². The average molecular weight is 568 g/mol. The second-order valence-corrected chi connectivity index (χ2v) is 11.9. The SMILES string of the molecule is CC(C)(C)c1ccc(C=CC(=O)O)c(O)c1.COC(=O)C=Cc1ccc(C(C)(C)C)cc1OCCN1CCOCC1. The largest absolute Gasteiger partial charge is 0.507 e. The molecule has 0 aromatic heterocycles. The topological polar surface area (TPSA) is 106 Å². The first-order valence-corrected chi connectivity index (χ1v) is 13.8. The molecule has 1 aliphatic heterocycles. The van der Waals surface area contributed by atoms with Crippen molar-refractivity contribution in [2.45, 2.75) is 52.4 Å². The van der Waals surface area contributed by atoms with E-state index in [0.29, 0.717) is 12.2 Å².